The number of hydrogen-bond acceptors (Lipinski definition) is 7. The summed E-state index contributed by atoms with van der Waals surface area (Å²) in [5, 5.41) is 2.94. The molecule has 10 nitrogen and oxygen atoms in total. The van der Waals surface area contributed by atoms with Gasteiger partial charge in [0.15, 0.2) is 0 Å². The maximum atomic E-state index is 13.4. The van der Waals surface area contributed by atoms with E-state index in [1.165, 1.54) is 4.90 Å². The van der Waals surface area contributed by atoms with Crippen molar-refractivity contribution < 1.29 is 28.6 Å². The van der Waals surface area contributed by atoms with Crippen LogP contribution < -0.4 is 14.8 Å². The van der Waals surface area contributed by atoms with Crippen LogP contribution in [0.4, 0.5) is 4.79 Å². The van der Waals surface area contributed by atoms with Crippen LogP contribution in [0.2, 0.25) is 0 Å². The average Bonchev–Trinajstić information content (AvgIpc) is 2.85. The SMILES string of the molecule is CCOC(=O)C1=C(CN2CCN(C(=O)C3CCC3)C(C)C2)N(C)C(=O)NC1c1cc(OC)ccc1OC. The van der Waals surface area contributed by atoms with Crippen molar-refractivity contribution in [1.82, 2.24) is 20.0 Å². The number of hydrogen-bond donors (Lipinski definition) is 1. The molecule has 0 radical (unpaired) electrons. The topological polar surface area (TPSA) is 101 Å². The van der Waals surface area contributed by atoms with E-state index in [2.05, 4.69) is 17.1 Å². The Hall–Kier alpha value is -3.27. The fourth-order valence-electron chi connectivity index (χ4n) is 5.30. The molecular weight excluding hydrogens is 476 g/mol. The molecule has 1 aromatic carbocycles. The van der Waals surface area contributed by atoms with Gasteiger partial charge in [0.1, 0.15) is 11.5 Å². The summed E-state index contributed by atoms with van der Waals surface area (Å²) in [6.45, 7) is 6.33. The van der Waals surface area contributed by atoms with Gasteiger partial charge in [-0.05, 0) is 44.9 Å². The lowest BCUT2D eigenvalue weighted by Gasteiger charge is -2.44. The molecule has 2 aliphatic heterocycles. The summed E-state index contributed by atoms with van der Waals surface area (Å²) in [6.07, 6.45) is 3.09. The van der Waals surface area contributed by atoms with Gasteiger partial charge in [-0.3, -0.25) is 14.6 Å². The Morgan fingerprint density at radius 3 is 2.49 bits per heavy atom. The molecule has 10 heteroatoms. The number of urea groups is 1. The number of benzene rings is 1. The number of esters is 1. The highest BCUT2D eigenvalue weighted by Gasteiger charge is 2.40. The summed E-state index contributed by atoms with van der Waals surface area (Å²) in [5.74, 6) is 1.03. The van der Waals surface area contributed by atoms with Crippen LogP contribution in [0.3, 0.4) is 0 Å². The van der Waals surface area contributed by atoms with E-state index in [9.17, 15) is 14.4 Å². The molecule has 1 saturated heterocycles. The van der Waals surface area contributed by atoms with Crippen LogP contribution in [-0.4, -0.2) is 92.7 Å². The highest BCUT2D eigenvalue weighted by molar-refractivity contribution is 5.95. The summed E-state index contributed by atoms with van der Waals surface area (Å²) in [4.78, 5) is 45.0. The first-order chi connectivity index (χ1) is 17.8. The summed E-state index contributed by atoms with van der Waals surface area (Å²) >= 11 is 0. The van der Waals surface area contributed by atoms with Gasteiger partial charge in [0.2, 0.25) is 5.91 Å². The molecule has 37 heavy (non-hydrogen) atoms. The van der Waals surface area contributed by atoms with Gasteiger partial charge in [0.25, 0.3) is 0 Å². The lowest BCUT2D eigenvalue weighted by Crippen LogP contribution is -2.57. The standard InChI is InChI=1S/C27H38N4O6/c1-6-37-26(33)23-21(16-30-12-13-31(17(2)15-30)25(32)18-8-7-9-18)29(3)27(34)28-24(23)20-14-19(35-4)10-11-22(20)36-5/h10-11,14,17-18,24H,6-9,12-13,15-16H2,1-5H3,(H,28,34). The van der Waals surface area contributed by atoms with Gasteiger partial charge in [0, 0.05) is 56.4 Å². The predicted molar refractivity (Wildman–Crippen MR) is 137 cm³/mol. The number of ether oxygens (including phenoxy) is 3. The van der Waals surface area contributed by atoms with Gasteiger partial charge in [0.05, 0.1) is 32.4 Å². The number of rotatable bonds is 8. The monoisotopic (exact) mass is 514 g/mol. The molecule has 1 aliphatic carbocycles. The largest absolute Gasteiger partial charge is 0.497 e. The van der Waals surface area contributed by atoms with E-state index >= 15 is 0 Å². The van der Waals surface area contributed by atoms with Gasteiger partial charge in [-0.2, -0.15) is 0 Å². The number of methoxy groups -OCH3 is 2. The van der Waals surface area contributed by atoms with E-state index in [0.717, 1.165) is 19.3 Å². The lowest BCUT2D eigenvalue weighted by molar-refractivity contribution is -0.142. The Kier molecular flexibility index (Phi) is 8.26. The van der Waals surface area contributed by atoms with E-state index in [-0.39, 0.29) is 30.5 Å². The fourth-order valence-corrected chi connectivity index (χ4v) is 5.30. The van der Waals surface area contributed by atoms with E-state index in [0.29, 0.717) is 54.5 Å². The molecule has 0 bridgehead atoms. The molecular formula is C27H38N4O6. The van der Waals surface area contributed by atoms with Crippen LogP contribution in [0, 0.1) is 5.92 Å². The van der Waals surface area contributed by atoms with Crippen LogP contribution in [0.15, 0.2) is 29.5 Å². The highest BCUT2D eigenvalue weighted by atomic mass is 16.5. The lowest BCUT2D eigenvalue weighted by atomic mass is 9.84. The predicted octanol–water partition coefficient (Wildman–Crippen LogP) is 2.55. The second-order valence-electron chi connectivity index (χ2n) is 9.87. The van der Waals surface area contributed by atoms with Crippen molar-refractivity contribution in [3.63, 3.8) is 0 Å². The summed E-state index contributed by atoms with van der Waals surface area (Å²) < 4.78 is 16.4. The fraction of sp³-hybridized carbons (Fsp3) is 0.593. The zero-order valence-corrected chi connectivity index (χ0v) is 22.4. The quantitative estimate of drug-likeness (QED) is 0.532. The maximum absolute atomic E-state index is 13.4. The number of carbonyl (C=O) groups excluding carboxylic acids is 3. The van der Waals surface area contributed by atoms with E-state index in [4.69, 9.17) is 14.2 Å². The van der Waals surface area contributed by atoms with Crippen LogP contribution in [-0.2, 0) is 14.3 Å². The minimum atomic E-state index is -0.776. The minimum Gasteiger partial charge on any atom is -0.497 e. The van der Waals surface area contributed by atoms with E-state index in [1.54, 1.807) is 46.4 Å². The van der Waals surface area contributed by atoms with Crippen molar-refractivity contribution in [3.05, 3.63) is 35.0 Å². The molecule has 2 atom stereocenters. The third-order valence-electron chi connectivity index (χ3n) is 7.64. The molecule has 1 aromatic rings. The first-order valence-corrected chi connectivity index (χ1v) is 13.0. The summed E-state index contributed by atoms with van der Waals surface area (Å²) in [5.41, 5.74) is 1.53. The van der Waals surface area contributed by atoms with E-state index in [1.807, 2.05) is 4.90 Å². The third-order valence-corrected chi connectivity index (χ3v) is 7.64. The smallest absolute Gasteiger partial charge is 0.338 e. The van der Waals surface area contributed by atoms with Gasteiger partial charge >= 0.3 is 12.0 Å². The van der Waals surface area contributed by atoms with Crippen LogP contribution >= 0.6 is 0 Å². The molecule has 0 aromatic heterocycles. The zero-order valence-electron chi connectivity index (χ0n) is 22.4. The summed E-state index contributed by atoms with van der Waals surface area (Å²) in [6, 6.07) is 4.22. The Morgan fingerprint density at radius 1 is 1.14 bits per heavy atom. The highest BCUT2D eigenvalue weighted by Crippen LogP contribution is 2.38. The molecule has 2 fully saturated rings. The number of carbonyl (C=O) groups is 3. The second kappa shape index (κ2) is 11.4. The van der Waals surface area contributed by atoms with Crippen molar-refractivity contribution in [1.29, 1.82) is 0 Å². The second-order valence-corrected chi connectivity index (χ2v) is 9.87. The number of amides is 3. The van der Waals surface area contributed by atoms with Crippen molar-refractivity contribution >= 4 is 17.9 Å². The van der Waals surface area contributed by atoms with Crippen molar-refractivity contribution in [3.8, 4) is 11.5 Å². The normalized spacial score (nSPS) is 22.9. The Morgan fingerprint density at radius 2 is 1.89 bits per heavy atom. The molecule has 0 spiro atoms. The molecule has 202 valence electrons. The molecule has 3 aliphatic rings. The van der Waals surface area contributed by atoms with Gasteiger partial charge < -0.3 is 24.4 Å². The van der Waals surface area contributed by atoms with E-state index < -0.39 is 12.0 Å². The first-order valence-electron chi connectivity index (χ1n) is 13.0. The maximum Gasteiger partial charge on any atom is 0.338 e. The van der Waals surface area contributed by atoms with Crippen molar-refractivity contribution in [2.24, 2.45) is 5.92 Å². The van der Waals surface area contributed by atoms with Gasteiger partial charge in [-0.15, -0.1) is 0 Å². The Balaban J connectivity index is 1.67. The molecule has 2 heterocycles. The molecule has 3 amide bonds. The van der Waals surface area contributed by atoms with Gasteiger partial charge in [-0.1, -0.05) is 6.42 Å². The zero-order chi connectivity index (χ0) is 26.7. The van der Waals surface area contributed by atoms with Crippen LogP contribution in [0.1, 0.15) is 44.7 Å². The molecule has 4 rings (SSSR count). The summed E-state index contributed by atoms with van der Waals surface area (Å²) in [7, 11) is 4.76. The Bertz CT molecular complexity index is 1070. The van der Waals surface area contributed by atoms with Crippen molar-refractivity contribution in [2.75, 3.05) is 54.1 Å². The number of nitrogens with zero attached hydrogens (tertiary/aromatic N) is 3. The van der Waals surface area contributed by atoms with Crippen molar-refractivity contribution in [2.45, 2.75) is 45.2 Å². The van der Waals surface area contributed by atoms with Crippen LogP contribution in [0.5, 0.6) is 11.5 Å². The molecule has 1 N–H and O–H groups in total. The van der Waals surface area contributed by atoms with Gasteiger partial charge in [-0.25, -0.2) is 9.59 Å². The first kappa shape index (κ1) is 26.8. The number of piperazine rings is 1. The Labute approximate surface area is 218 Å². The van der Waals surface area contributed by atoms with Crippen LogP contribution in [0.25, 0.3) is 0 Å². The molecule has 2 unspecified atom stereocenters. The number of nitrogens with one attached hydrogen (secondary N) is 1. The third kappa shape index (κ3) is 5.39. The number of likely N-dealkylation sites (N-methyl/N-ethyl adjacent to an activating group) is 1. The minimum absolute atomic E-state index is 0.0468. The average molecular weight is 515 g/mol. The molecule has 1 saturated carbocycles.